The second-order valence-corrected chi connectivity index (χ2v) is 6.85. The maximum Gasteiger partial charge on any atom is 0.271 e. The molecule has 3 rings (SSSR count). The molecule has 0 saturated carbocycles. The van der Waals surface area contributed by atoms with Crippen LogP contribution in [0.2, 0.25) is 0 Å². The molecule has 0 radical (unpaired) electrons. The number of carbonyl (C=O) groups is 1. The molecule has 2 aromatic rings. The smallest absolute Gasteiger partial charge is 0.271 e. The quantitative estimate of drug-likeness (QED) is 0.813. The molecule has 1 aromatic heterocycles. The Bertz CT molecular complexity index is 748. The Morgan fingerprint density at radius 2 is 2.07 bits per heavy atom. The van der Waals surface area contributed by atoms with Crippen LogP contribution in [-0.4, -0.2) is 42.3 Å². The zero-order valence-corrected chi connectivity index (χ0v) is 16.1. The molecule has 144 valence electrons. The summed E-state index contributed by atoms with van der Waals surface area (Å²) in [5.41, 5.74) is 1.42. The fraction of sp³-hybridized carbons (Fsp3) is 0.476. The molecule has 1 atom stereocenters. The van der Waals surface area contributed by atoms with Crippen LogP contribution in [0.4, 0.5) is 5.82 Å². The zero-order chi connectivity index (χ0) is 19.1. The van der Waals surface area contributed by atoms with Gasteiger partial charge in [-0.3, -0.25) is 4.79 Å². The van der Waals surface area contributed by atoms with Crippen molar-refractivity contribution in [3.8, 4) is 5.75 Å². The van der Waals surface area contributed by atoms with Crippen molar-refractivity contribution < 1.29 is 9.53 Å². The van der Waals surface area contributed by atoms with Crippen LogP contribution in [-0.2, 0) is 6.42 Å². The minimum atomic E-state index is -0.199. The van der Waals surface area contributed by atoms with Crippen LogP contribution in [0.3, 0.4) is 0 Å². The maximum atomic E-state index is 12.3. The highest BCUT2D eigenvalue weighted by molar-refractivity contribution is 5.92. The van der Waals surface area contributed by atoms with Gasteiger partial charge in [-0.05, 0) is 55.9 Å². The maximum absolute atomic E-state index is 12.3. The van der Waals surface area contributed by atoms with Gasteiger partial charge in [-0.2, -0.15) is 0 Å². The van der Waals surface area contributed by atoms with Crippen LogP contribution in [0.5, 0.6) is 5.75 Å². The number of hydrogen-bond donors (Lipinski definition) is 1. The third kappa shape index (κ3) is 4.76. The first-order valence-corrected chi connectivity index (χ1v) is 9.73. The number of methoxy groups -OCH3 is 1. The van der Waals surface area contributed by atoms with Crippen molar-refractivity contribution in [2.24, 2.45) is 0 Å². The lowest BCUT2D eigenvalue weighted by Crippen LogP contribution is -2.39. The van der Waals surface area contributed by atoms with Crippen molar-refractivity contribution in [1.29, 1.82) is 0 Å². The second-order valence-electron chi connectivity index (χ2n) is 6.85. The zero-order valence-electron chi connectivity index (χ0n) is 16.1. The molecule has 0 bridgehead atoms. The Morgan fingerprint density at radius 1 is 1.22 bits per heavy atom. The molecule has 1 aliphatic rings. The first-order chi connectivity index (χ1) is 13.2. The first-order valence-electron chi connectivity index (χ1n) is 9.73. The number of amides is 1. The number of benzene rings is 1. The lowest BCUT2D eigenvalue weighted by Gasteiger charge is -2.35. The fourth-order valence-corrected chi connectivity index (χ4v) is 3.64. The molecular weight excluding hydrogens is 340 g/mol. The molecule has 1 saturated heterocycles. The number of nitrogens with zero attached hydrogens (tertiary/aromatic N) is 3. The van der Waals surface area contributed by atoms with Gasteiger partial charge in [0.25, 0.3) is 5.91 Å². The predicted octanol–water partition coefficient (Wildman–Crippen LogP) is 3.23. The molecule has 0 aliphatic carbocycles. The van der Waals surface area contributed by atoms with Crippen LogP contribution in [0.25, 0.3) is 0 Å². The van der Waals surface area contributed by atoms with Gasteiger partial charge >= 0.3 is 0 Å². The number of para-hydroxylation sites is 1. The van der Waals surface area contributed by atoms with E-state index in [1.807, 2.05) is 30.3 Å². The van der Waals surface area contributed by atoms with Crippen molar-refractivity contribution in [2.45, 2.75) is 45.1 Å². The average Bonchev–Trinajstić information content (AvgIpc) is 2.74. The summed E-state index contributed by atoms with van der Waals surface area (Å²) in [5, 5.41) is 11.4. The number of piperidine rings is 1. The van der Waals surface area contributed by atoms with Crippen molar-refractivity contribution in [1.82, 2.24) is 15.5 Å². The number of hydrogen-bond acceptors (Lipinski definition) is 5. The van der Waals surface area contributed by atoms with E-state index in [0.29, 0.717) is 24.7 Å². The normalized spacial score (nSPS) is 16.8. The van der Waals surface area contributed by atoms with E-state index in [1.54, 1.807) is 13.2 Å². The Balaban J connectivity index is 1.56. The van der Waals surface area contributed by atoms with Gasteiger partial charge in [0.1, 0.15) is 5.75 Å². The van der Waals surface area contributed by atoms with Gasteiger partial charge < -0.3 is 15.0 Å². The Hall–Kier alpha value is -2.63. The molecule has 1 aliphatic heterocycles. The molecule has 1 N–H and O–H groups in total. The van der Waals surface area contributed by atoms with Crippen molar-refractivity contribution in [3.63, 3.8) is 0 Å². The molecule has 27 heavy (non-hydrogen) atoms. The molecule has 1 fully saturated rings. The predicted molar refractivity (Wildman–Crippen MR) is 106 cm³/mol. The van der Waals surface area contributed by atoms with Gasteiger partial charge in [0, 0.05) is 19.1 Å². The first kappa shape index (κ1) is 19.1. The highest BCUT2D eigenvalue weighted by Gasteiger charge is 2.22. The summed E-state index contributed by atoms with van der Waals surface area (Å²) in [6.45, 7) is 3.74. The number of aromatic nitrogens is 2. The number of carbonyl (C=O) groups excluding carboxylic acids is 1. The van der Waals surface area contributed by atoms with Gasteiger partial charge in [0.2, 0.25) is 0 Å². The highest BCUT2D eigenvalue weighted by Crippen LogP contribution is 2.24. The van der Waals surface area contributed by atoms with Crippen molar-refractivity contribution in [2.75, 3.05) is 25.1 Å². The summed E-state index contributed by atoms with van der Waals surface area (Å²) in [7, 11) is 1.65. The summed E-state index contributed by atoms with van der Waals surface area (Å²) < 4.78 is 5.34. The number of nitrogens with one attached hydrogen (secondary N) is 1. The third-order valence-corrected chi connectivity index (χ3v) is 5.15. The summed E-state index contributed by atoms with van der Waals surface area (Å²) in [4.78, 5) is 14.7. The number of anilines is 1. The number of rotatable bonds is 7. The summed E-state index contributed by atoms with van der Waals surface area (Å²) in [6.07, 6.45) is 5.46. The largest absolute Gasteiger partial charge is 0.496 e. The van der Waals surface area contributed by atoms with Crippen LogP contribution < -0.4 is 15.0 Å². The molecule has 1 aromatic carbocycles. The van der Waals surface area contributed by atoms with E-state index in [4.69, 9.17) is 4.74 Å². The summed E-state index contributed by atoms with van der Waals surface area (Å²) >= 11 is 0. The molecule has 1 amide bonds. The third-order valence-electron chi connectivity index (χ3n) is 5.15. The Morgan fingerprint density at radius 3 is 2.81 bits per heavy atom. The van der Waals surface area contributed by atoms with Gasteiger partial charge in [0.05, 0.1) is 7.11 Å². The monoisotopic (exact) mass is 368 g/mol. The molecule has 6 heteroatoms. The van der Waals surface area contributed by atoms with Crippen molar-refractivity contribution >= 4 is 11.7 Å². The van der Waals surface area contributed by atoms with Gasteiger partial charge in [-0.15, -0.1) is 10.2 Å². The van der Waals surface area contributed by atoms with Gasteiger partial charge in [-0.1, -0.05) is 25.1 Å². The van der Waals surface area contributed by atoms with E-state index < -0.39 is 0 Å². The van der Waals surface area contributed by atoms with E-state index in [-0.39, 0.29) is 5.91 Å². The molecule has 6 nitrogen and oxygen atoms in total. The second kappa shape index (κ2) is 9.35. The van der Waals surface area contributed by atoms with E-state index in [9.17, 15) is 4.79 Å². The van der Waals surface area contributed by atoms with Crippen LogP contribution in [0.15, 0.2) is 36.4 Å². The molecular formula is C21H28N4O2. The topological polar surface area (TPSA) is 67.4 Å². The highest BCUT2D eigenvalue weighted by atomic mass is 16.5. The Kier molecular flexibility index (Phi) is 6.63. The van der Waals surface area contributed by atoms with E-state index in [1.165, 1.54) is 19.3 Å². The van der Waals surface area contributed by atoms with E-state index >= 15 is 0 Å². The van der Waals surface area contributed by atoms with Crippen LogP contribution in [0.1, 0.15) is 48.7 Å². The molecule has 0 spiro atoms. The van der Waals surface area contributed by atoms with Crippen molar-refractivity contribution in [3.05, 3.63) is 47.7 Å². The standard InChI is InChI=1S/C21H28N4O2/c1-3-17-9-6-7-15-25(17)20-12-11-18(23-24-20)21(26)22-14-13-16-8-4-5-10-19(16)27-2/h4-5,8,10-12,17H,3,6-7,9,13-15H2,1-2H3,(H,22,26). The minimum absolute atomic E-state index is 0.199. The van der Waals surface area contributed by atoms with Crippen LogP contribution >= 0.6 is 0 Å². The van der Waals surface area contributed by atoms with Crippen LogP contribution in [0, 0.1) is 0 Å². The lowest BCUT2D eigenvalue weighted by molar-refractivity contribution is 0.0948. The summed E-state index contributed by atoms with van der Waals surface area (Å²) in [5.74, 6) is 1.50. The Labute approximate surface area is 160 Å². The lowest BCUT2D eigenvalue weighted by atomic mass is 10.0. The molecule has 1 unspecified atom stereocenters. The SMILES string of the molecule is CCC1CCCCN1c1ccc(C(=O)NCCc2ccccc2OC)nn1. The molecule has 2 heterocycles. The minimum Gasteiger partial charge on any atom is -0.496 e. The number of ether oxygens (including phenoxy) is 1. The fourth-order valence-electron chi connectivity index (χ4n) is 3.64. The van der Waals surface area contributed by atoms with Gasteiger partial charge in [-0.25, -0.2) is 0 Å². The average molecular weight is 368 g/mol. The van der Waals surface area contributed by atoms with Gasteiger partial charge in [0.15, 0.2) is 11.5 Å². The van der Waals surface area contributed by atoms with E-state index in [2.05, 4.69) is 27.3 Å². The van der Waals surface area contributed by atoms with E-state index in [0.717, 1.165) is 30.1 Å². The summed E-state index contributed by atoms with van der Waals surface area (Å²) in [6, 6.07) is 12.0.